The van der Waals surface area contributed by atoms with Crippen molar-refractivity contribution in [3.05, 3.63) is 26.6 Å². The Labute approximate surface area is 176 Å². The van der Waals surface area contributed by atoms with Crippen LogP contribution in [0.5, 0.6) is 0 Å². The molecule has 1 N–H and O–H groups in total. The van der Waals surface area contributed by atoms with Crippen LogP contribution in [0.4, 0.5) is 0 Å². The lowest BCUT2D eigenvalue weighted by Crippen LogP contribution is -2.39. The monoisotopic (exact) mass is 415 g/mol. The summed E-state index contributed by atoms with van der Waals surface area (Å²) in [5.41, 5.74) is 1.46. The second-order valence-electron chi connectivity index (χ2n) is 10.1. The summed E-state index contributed by atoms with van der Waals surface area (Å²) in [7, 11) is 0. The second-order valence-corrected chi connectivity index (χ2v) is 11.2. The Morgan fingerprint density at radius 3 is 2.83 bits per heavy atom. The van der Waals surface area contributed by atoms with Crippen molar-refractivity contribution in [1.29, 1.82) is 0 Å². The van der Waals surface area contributed by atoms with Crippen molar-refractivity contribution >= 4 is 27.5 Å². The number of aromatic nitrogens is 2. The average molecular weight is 416 g/mol. The molecule has 1 saturated heterocycles. The predicted octanol–water partition coefficient (Wildman–Crippen LogP) is 4.33. The Balaban J connectivity index is 1.51. The minimum atomic E-state index is -0.0317. The van der Waals surface area contributed by atoms with Crippen LogP contribution in [0.15, 0.2) is 4.79 Å². The molecule has 0 bridgehead atoms. The van der Waals surface area contributed by atoms with Crippen molar-refractivity contribution in [3.8, 4) is 0 Å². The van der Waals surface area contributed by atoms with E-state index in [-0.39, 0.29) is 16.9 Å². The van der Waals surface area contributed by atoms with Crippen LogP contribution in [0, 0.1) is 17.3 Å². The van der Waals surface area contributed by atoms with Gasteiger partial charge in [0.25, 0.3) is 5.56 Å². The van der Waals surface area contributed by atoms with E-state index in [4.69, 9.17) is 4.98 Å². The van der Waals surface area contributed by atoms with E-state index in [1.54, 1.807) is 11.3 Å². The molecule has 6 heteroatoms. The van der Waals surface area contributed by atoms with E-state index in [9.17, 15) is 9.59 Å². The summed E-state index contributed by atoms with van der Waals surface area (Å²) in [5, 5.41) is 0.789. The lowest BCUT2D eigenvalue weighted by molar-refractivity contribution is -0.132. The number of rotatable bonds is 3. The number of piperidine rings is 1. The molecule has 2 aromatic heterocycles. The molecule has 1 aliphatic heterocycles. The Morgan fingerprint density at radius 2 is 2.10 bits per heavy atom. The number of carbonyl (C=O) groups excluding carboxylic acids is 1. The van der Waals surface area contributed by atoms with Gasteiger partial charge in [0.05, 0.1) is 5.39 Å². The Kier molecular flexibility index (Phi) is 5.58. The zero-order chi connectivity index (χ0) is 20.8. The van der Waals surface area contributed by atoms with Crippen LogP contribution in [0.1, 0.15) is 69.6 Å². The number of fused-ring (bicyclic) bond motifs is 3. The second kappa shape index (κ2) is 7.86. The Hall–Kier alpha value is -1.69. The maximum Gasteiger partial charge on any atom is 0.259 e. The SMILES string of the molecule is C[C@H]1CCCN(C(=O)CCc2nc3sc4c(c3c(=O)[nH]2)CC[C@H](C(C)(C)C)C4)C1. The fraction of sp³-hybridized carbons (Fsp3) is 0.696. The van der Waals surface area contributed by atoms with Gasteiger partial charge in [0.1, 0.15) is 10.7 Å². The quantitative estimate of drug-likeness (QED) is 0.811. The maximum absolute atomic E-state index is 12.8. The minimum absolute atomic E-state index is 0.0317. The first-order chi connectivity index (χ1) is 13.7. The average Bonchev–Trinajstić information content (AvgIpc) is 3.03. The fourth-order valence-corrected chi connectivity index (χ4v) is 6.20. The minimum Gasteiger partial charge on any atom is -0.342 e. The van der Waals surface area contributed by atoms with E-state index < -0.39 is 0 Å². The number of hydrogen-bond donors (Lipinski definition) is 1. The molecule has 1 aliphatic carbocycles. The normalized spacial score (nSPS) is 22.7. The molecule has 0 spiro atoms. The highest BCUT2D eigenvalue weighted by Gasteiger charge is 2.31. The van der Waals surface area contributed by atoms with Crippen LogP contribution < -0.4 is 5.56 Å². The third kappa shape index (κ3) is 4.27. The summed E-state index contributed by atoms with van der Waals surface area (Å²) >= 11 is 1.68. The molecule has 0 unspecified atom stereocenters. The Bertz CT molecular complexity index is 969. The number of hydrogen-bond acceptors (Lipinski definition) is 4. The molecule has 4 rings (SSSR count). The highest BCUT2D eigenvalue weighted by Crippen LogP contribution is 2.42. The van der Waals surface area contributed by atoms with Gasteiger partial charge in [-0.05, 0) is 54.9 Å². The first-order valence-corrected chi connectivity index (χ1v) is 11.8. The van der Waals surface area contributed by atoms with Crippen molar-refractivity contribution < 1.29 is 4.79 Å². The lowest BCUT2D eigenvalue weighted by atomic mass is 9.72. The van der Waals surface area contributed by atoms with Gasteiger partial charge in [-0.3, -0.25) is 9.59 Å². The first-order valence-electron chi connectivity index (χ1n) is 11.0. The molecule has 29 heavy (non-hydrogen) atoms. The third-order valence-electron chi connectivity index (χ3n) is 6.78. The predicted molar refractivity (Wildman–Crippen MR) is 119 cm³/mol. The first kappa shape index (κ1) is 20.6. The summed E-state index contributed by atoms with van der Waals surface area (Å²) in [6.45, 7) is 10.8. The van der Waals surface area contributed by atoms with Crippen molar-refractivity contribution in [2.24, 2.45) is 17.3 Å². The van der Waals surface area contributed by atoms with E-state index in [0.29, 0.717) is 30.5 Å². The Morgan fingerprint density at radius 1 is 1.31 bits per heavy atom. The molecule has 5 nitrogen and oxygen atoms in total. The van der Waals surface area contributed by atoms with Gasteiger partial charge in [-0.25, -0.2) is 4.98 Å². The van der Waals surface area contributed by atoms with Gasteiger partial charge in [-0.15, -0.1) is 11.3 Å². The van der Waals surface area contributed by atoms with Crippen LogP contribution in [0.2, 0.25) is 0 Å². The van der Waals surface area contributed by atoms with Crippen LogP contribution in [-0.4, -0.2) is 33.9 Å². The van der Waals surface area contributed by atoms with Gasteiger partial charge >= 0.3 is 0 Å². The molecular formula is C23H33N3O2S. The molecular weight excluding hydrogens is 382 g/mol. The van der Waals surface area contributed by atoms with E-state index in [1.807, 2.05) is 4.90 Å². The standard InChI is InChI=1S/C23H33N3O2S/c1-14-6-5-11-26(13-14)19(27)10-9-18-24-21(28)20-16-8-7-15(23(2,3)4)12-17(16)29-22(20)25-18/h14-15H,5-13H2,1-4H3,(H,24,25,28)/t14-,15-/m0/s1. The number of amides is 1. The van der Waals surface area contributed by atoms with Gasteiger partial charge < -0.3 is 9.88 Å². The summed E-state index contributed by atoms with van der Waals surface area (Å²) in [5.74, 6) is 2.05. The van der Waals surface area contributed by atoms with Gasteiger partial charge in [0.15, 0.2) is 0 Å². The molecule has 0 saturated carbocycles. The molecule has 3 heterocycles. The highest BCUT2D eigenvalue weighted by molar-refractivity contribution is 7.18. The molecule has 0 aromatic carbocycles. The van der Waals surface area contributed by atoms with Crippen molar-refractivity contribution in [2.75, 3.05) is 13.1 Å². The molecule has 2 aromatic rings. The van der Waals surface area contributed by atoms with Crippen molar-refractivity contribution in [3.63, 3.8) is 0 Å². The highest BCUT2D eigenvalue weighted by atomic mass is 32.1. The van der Waals surface area contributed by atoms with E-state index in [2.05, 4.69) is 32.7 Å². The lowest BCUT2D eigenvalue weighted by Gasteiger charge is -2.33. The largest absolute Gasteiger partial charge is 0.342 e. The number of H-pyrrole nitrogens is 1. The molecule has 0 radical (unpaired) electrons. The zero-order valence-electron chi connectivity index (χ0n) is 18.1. The summed E-state index contributed by atoms with van der Waals surface area (Å²) in [4.78, 5) is 37.3. The van der Waals surface area contributed by atoms with Gasteiger partial charge in [0.2, 0.25) is 5.91 Å². The summed E-state index contributed by atoms with van der Waals surface area (Å²) < 4.78 is 0. The van der Waals surface area contributed by atoms with Gasteiger partial charge in [-0.1, -0.05) is 27.7 Å². The van der Waals surface area contributed by atoms with Gasteiger partial charge in [0, 0.05) is 30.8 Å². The van der Waals surface area contributed by atoms with Crippen molar-refractivity contribution in [2.45, 2.75) is 72.6 Å². The number of nitrogens with one attached hydrogen (secondary N) is 1. The molecule has 1 amide bonds. The fourth-order valence-electron chi connectivity index (χ4n) is 4.89. The smallest absolute Gasteiger partial charge is 0.259 e. The third-order valence-corrected chi connectivity index (χ3v) is 7.93. The zero-order valence-corrected chi connectivity index (χ0v) is 19.0. The van der Waals surface area contributed by atoms with E-state index >= 15 is 0 Å². The van der Waals surface area contributed by atoms with E-state index in [0.717, 1.165) is 49.0 Å². The van der Waals surface area contributed by atoms with Gasteiger partial charge in [-0.2, -0.15) is 0 Å². The number of aryl methyl sites for hydroxylation is 2. The van der Waals surface area contributed by atoms with Crippen LogP contribution in [0.25, 0.3) is 10.2 Å². The van der Waals surface area contributed by atoms with E-state index in [1.165, 1.54) is 16.9 Å². The molecule has 1 fully saturated rings. The summed E-state index contributed by atoms with van der Waals surface area (Å²) in [6, 6.07) is 0. The number of aromatic amines is 1. The molecule has 2 aliphatic rings. The number of likely N-dealkylation sites (tertiary alicyclic amines) is 1. The maximum atomic E-state index is 12.8. The summed E-state index contributed by atoms with van der Waals surface area (Å²) in [6.07, 6.45) is 6.35. The van der Waals surface area contributed by atoms with Crippen LogP contribution in [-0.2, 0) is 24.1 Å². The molecule has 2 atom stereocenters. The number of carbonyl (C=O) groups is 1. The number of nitrogens with zero attached hydrogens (tertiary/aromatic N) is 2. The van der Waals surface area contributed by atoms with Crippen molar-refractivity contribution in [1.82, 2.24) is 14.9 Å². The number of thiophene rings is 1. The molecule has 158 valence electrons. The van der Waals surface area contributed by atoms with Crippen LogP contribution >= 0.6 is 11.3 Å². The topological polar surface area (TPSA) is 66.1 Å². The van der Waals surface area contributed by atoms with Crippen LogP contribution in [0.3, 0.4) is 0 Å².